The summed E-state index contributed by atoms with van der Waals surface area (Å²) in [4.78, 5) is 47.5. The summed E-state index contributed by atoms with van der Waals surface area (Å²) in [5.41, 5.74) is -0.646. The number of thioether (sulfide) groups is 1. The second-order valence-electron chi connectivity index (χ2n) is 7.79. The molecule has 0 N–H and O–H groups in total. The van der Waals surface area contributed by atoms with Crippen molar-refractivity contribution in [3.63, 3.8) is 0 Å². The third-order valence-electron chi connectivity index (χ3n) is 5.34. The molecule has 0 saturated carbocycles. The second kappa shape index (κ2) is 11.8. The third kappa shape index (κ3) is 6.27. The Hall–Kier alpha value is -4.62. The number of nitrogens with zero attached hydrogens (tertiary/aromatic N) is 3. The lowest BCUT2D eigenvalue weighted by Gasteiger charge is -2.14. The largest absolute Gasteiger partial charge is 0.493 e. The molecule has 1 aliphatic heterocycles. The predicted octanol–water partition coefficient (Wildman–Crippen LogP) is 6.07. The maximum Gasteiger partial charge on any atom is 0.318 e. The number of halogens is 1. The fraction of sp³-hybridized carbons (Fsp3) is 0.120. The molecule has 14 heteroatoms. The number of imide groups is 1. The monoisotopic (exact) mass is 571 g/mol. The summed E-state index contributed by atoms with van der Waals surface area (Å²) >= 11 is 6.80. The molecule has 200 valence electrons. The molecular weight excluding hydrogens is 554 g/mol. The van der Waals surface area contributed by atoms with Crippen LogP contribution in [0.1, 0.15) is 5.56 Å². The third-order valence-corrected chi connectivity index (χ3v) is 6.56. The van der Waals surface area contributed by atoms with E-state index in [0.29, 0.717) is 16.3 Å². The molecule has 3 aromatic carbocycles. The topological polar surface area (TPSA) is 151 Å². The van der Waals surface area contributed by atoms with Crippen molar-refractivity contribution >= 4 is 52.0 Å². The van der Waals surface area contributed by atoms with Gasteiger partial charge in [-0.1, -0.05) is 29.8 Å². The number of non-ortho nitro benzene ring substituents is 1. The summed E-state index contributed by atoms with van der Waals surface area (Å²) in [6.07, 6.45) is 1.47. The maximum absolute atomic E-state index is 12.9. The summed E-state index contributed by atoms with van der Waals surface area (Å²) in [6.45, 7) is 0.0532. The van der Waals surface area contributed by atoms with Crippen LogP contribution < -0.4 is 14.2 Å². The van der Waals surface area contributed by atoms with E-state index in [1.807, 2.05) is 0 Å². The van der Waals surface area contributed by atoms with E-state index in [1.165, 1.54) is 25.3 Å². The van der Waals surface area contributed by atoms with Crippen LogP contribution in [0.15, 0.2) is 65.6 Å². The van der Waals surface area contributed by atoms with E-state index in [1.54, 1.807) is 30.3 Å². The normalized spacial score (nSPS) is 14.0. The Morgan fingerprint density at radius 1 is 0.949 bits per heavy atom. The lowest BCUT2D eigenvalue weighted by Crippen LogP contribution is -2.32. The molecule has 0 aliphatic carbocycles. The molecule has 0 aromatic heterocycles. The lowest BCUT2D eigenvalue weighted by atomic mass is 10.1. The Balaban J connectivity index is 1.53. The van der Waals surface area contributed by atoms with E-state index in [9.17, 15) is 29.8 Å². The van der Waals surface area contributed by atoms with Crippen LogP contribution in [0.5, 0.6) is 23.0 Å². The molecule has 0 atom stereocenters. The Bertz CT molecular complexity index is 1510. The molecule has 2 amide bonds. The first kappa shape index (κ1) is 27.4. The summed E-state index contributed by atoms with van der Waals surface area (Å²) < 4.78 is 16.5. The zero-order valence-corrected chi connectivity index (χ0v) is 21.6. The molecule has 0 unspecified atom stereocenters. The van der Waals surface area contributed by atoms with Crippen LogP contribution in [-0.4, -0.2) is 46.2 Å². The summed E-state index contributed by atoms with van der Waals surface area (Å²) in [5.74, 6) is -0.0714. The molecule has 0 radical (unpaired) electrons. The number of para-hydroxylation sites is 1. The van der Waals surface area contributed by atoms with E-state index in [-0.39, 0.29) is 35.3 Å². The first-order chi connectivity index (χ1) is 18.7. The molecule has 4 rings (SSSR count). The Morgan fingerprint density at radius 3 is 2.38 bits per heavy atom. The number of carbonyl (C=O) groups is 2. The predicted molar refractivity (Wildman–Crippen MR) is 142 cm³/mol. The summed E-state index contributed by atoms with van der Waals surface area (Å²) in [6, 6.07) is 14.4. The van der Waals surface area contributed by atoms with Crippen LogP contribution in [0.4, 0.5) is 16.2 Å². The number of benzene rings is 3. The Labute approximate surface area is 230 Å². The number of methoxy groups -OCH3 is 1. The van der Waals surface area contributed by atoms with Gasteiger partial charge in [-0.3, -0.25) is 34.7 Å². The first-order valence-corrected chi connectivity index (χ1v) is 12.3. The van der Waals surface area contributed by atoms with Crippen molar-refractivity contribution in [3.05, 3.63) is 96.4 Å². The molecule has 1 saturated heterocycles. The van der Waals surface area contributed by atoms with E-state index >= 15 is 0 Å². The van der Waals surface area contributed by atoms with Gasteiger partial charge in [0.25, 0.3) is 16.8 Å². The van der Waals surface area contributed by atoms with Gasteiger partial charge in [-0.25, -0.2) is 0 Å². The zero-order valence-electron chi connectivity index (χ0n) is 20.1. The zero-order chi connectivity index (χ0) is 28.1. The van der Waals surface area contributed by atoms with Crippen molar-refractivity contribution in [2.75, 3.05) is 20.3 Å². The fourth-order valence-corrected chi connectivity index (χ4v) is 4.54. The highest BCUT2D eigenvalue weighted by molar-refractivity contribution is 8.18. The fourth-order valence-electron chi connectivity index (χ4n) is 3.48. The van der Waals surface area contributed by atoms with Gasteiger partial charge in [-0.15, -0.1) is 0 Å². The molecule has 0 spiro atoms. The van der Waals surface area contributed by atoms with Gasteiger partial charge in [-0.05, 0) is 53.7 Å². The number of hydrogen-bond donors (Lipinski definition) is 0. The Kier molecular flexibility index (Phi) is 8.32. The summed E-state index contributed by atoms with van der Waals surface area (Å²) in [5, 5.41) is 22.4. The minimum absolute atomic E-state index is 0.00795. The van der Waals surface area contributed by atoms with Crippen LogP contribution in [0.25, 0.3) is 6.08 Å². The minimum Gasteiger partial charge on any atom is -0.493 e. The van der Waals surface area contributed by atoms with Crippen molar-refractivity contribution < 1.29 is 33.6 Å². The molecule has 1 fully saturated rings. The van der Waals surface area contributed by atoms with Gasteiger partial charge >= 0.3 is 5.69 Å². The Morgan fingerprint density at radius 2 is 1.69 bits per heavy atom. The highest BCUT2D eigenvalue weighted by atomic mass is 35.5. The lowest BCUT2D eigenvalue weighted by molar-refractivity contribution is -0.394. The number of nitro benzene ring substituents is 2. The molecule has 1 heterocycles. The van der Waals surface area contributed by atoms with Crippen LogP contribution >= 0.6 is 23.4 Å². The van der Waals surface area contributed by atoms with E-state index in [4.69, 9.17) is 25.8 Å². The number of carbonyl (C=O) groups excluding carboxylic acids is 2. The highest BCUT2D eigenvalue weighted by Gasteiger charge is 2.35. The molecule has 0 bridgehead atoms. The number of hydrogen-bond acceptors (Lipinski definition) is 10. The van der Waals surface area contributed by atoms with Crippen LogP contribution in [0, 0.1) is 20.2 Å². The van der Waals surface area contributed by atoms with Gasteiger partial charge in [0.2, 0.25) is 5.75 Å². The molecule has 3 aromatic rings. The summed E-state index contributed by atoms with van der Waals surface area (Å²) in [7, 11) is 1.36. The van der Waals surface area contributed by atoms with Crippen molar-refractivity contribution in [2.24, 2.45) is 0 Å². The minimum atomic E-state index is -0.801. The number of amides is 2. The molecule has 1 aliphatic rings. The van der Waals surface area contributed by atoms with Gasteiger partial charge < -0.3 is 14.2 Å². The molecular formula is C25H18ClN3O9S. The number of nitro groups is 2. The van der Waals surface area contributed by atoms with Crippen LogP contribution in [0.2, 0.25) is 5.02 Å². The van der Waals surface area contributed by atoms with Gasteiger partial charge in [0.05, 0.1) is 39.5 Å². The second-order valence-corrected chi connectivity index (χ2v) is 9.19. The van der Waals surface area contributed by atoms with Crippen molar-refractivity contribution in [2.45, 2.75) is 0 Å². The molecule has 12 nitrogen and oxygen atoms in total. The average molecular weight is 572 g/mol. The van der Waals surface area contributed by atoms with E-state index in [2.05, 4.69) is 0 Å². The SMILES string of the molecule is COc1ccc(/C=C2\SC(=O)N(CCOc3ccccc3Cl)C2=O)cc1Oc1ccc([N+](=O)[O-])cc1[N+](=O)[O-]. The van der Waals surface area contributed by atoms with E-state index in [0.717, 1.165) is 34.9 Å². The van der Waals surface area contributed by atoms with Gasteiger partial charge in [0, 0.05) is 6.07 Å². The average Bonchev–Trinajstić information content (AvgIpc) is 3.17. The first-order valence-electron chi connectivity index (χ1n) is 11.1. The van der Waals surface area contributed by atoms with Crippen LogP contribution in [-0.2, 0) is 4.79 Å². The van der Waals surface area contributed by atoms with Gasteiger partial charge in [0.1, 0.15) is 12.4 Å². The van der Waals surface area contributed by atoms with Crippen molar-refractivity contribution in [1.29, 1.82) is 0 Å². The van der Waals surface area contributed by atoms with Gasteiger partial charge in [-0.2, -0.15) is 0 Å². The standard InChI is InChI=1S/C25H18ClN3O9S/c1-36-21-8-6-15(12-22(21)38-20-9-7-16(28(32)33)14-18(20)29(34)35)13-23-24(30)27(25(31)39-23)10-11-37-19-5-3-2-4-17(19)26/h2-9,12-14H,10-11H2,1H3/b23-13-. The number of rotatable bonds is 10. The smallest absolute Gasteiger partial charge is 0.318 e. The van der Waals surface area contributed by atoms with Crippen LogP contribution in [0.3, 0.4) is 0 Å². The molecule has 39 heavy (non-hydrogen) atoms. The quantitative estimate of drug-likeness (QED) is 0.159. The maximum atomic E-state index is 12.9. The van der Waals surface area contributed by atoms with E-state index < -0.39 is 32.4 Å². The van der Waals surface area contributed by atoms with Crippen molar-refractivity contribution in [1.82, 2.24) is 4.90 Å². The number of ether oxygens (including phenoxy) is 3. The van der Waals surface area contributed by atoms with Gasteiger partial charge in [0.15, 0.2) is 11.5 Å². The van der Waals surface area contributed by atoms with Crippen molar-refractivity contribution in [3.8, 4) is 23.0 Å². The highest BCUT2D eigenvalue weighted by Crippen LogP contribution is 2.39.